The normalized spacial score (nSPS) is 14.1. The van der Waals surface area contributed by atoms with E-state index in [0.29, 0.717) is 12.1 Å². The predicted molar refractivity (Wildman–Crippen MR) is 122 cm³/mol. The molecule has 0 bridgehead atoms. The van der Waals surface area contributed by atoms with Gasteiger partial charge in [-0.1, -0.05) is 60.7 Å². The first-order chi connectivity index (χ1) is 14.7. The van der Waals surface area contributed by atoms with Gasteiger partial charge in [0.05, 0.1) is 0 Å². The summed E-state index contributed by atoms with van der Waals surface area (Å²) in [6, 6.07) is 25.0. The van der Waals surface area contributed by atoms with Crippen molar-refractivity contribution >= 4 is 5.91 Å². The molecule has 30 heavy (non-hydrogen) atoms. The average Bonchev–Trinajstić information content (AvgIpc) is 3.28. The van der Waals surface area contributed by atoms with Crippen molar-refractivity contribution in [3.63, 3.8) is 0 Å². The Bertz CT molecular complexity index is 991. The predicted octanol–water partition coefficient (Wildman–Crippen LogP) is 4.34. The lowest BCUT2D eigenvalue weighted by Gasteiger charge is -2.15. The fourth-order valence-corrected chi connectivity index (χ4v) is 4.12. The molecule has 4 heteroatoms. The van der Waals surface area contributed by atoms with E-state index in [9.17, 15) is 4.79 Å². The highest BCUT2D eigenvalue weighted by Crippen LogP contribution is 2.25. The van der Waals surface area contributed by atoms with E-state index in [4.69, 9.17) is 5.73 Å². The van der Waals surface area contributed by atoms with Crippen molar-refractivity contribution in [2.45, 2.75) is 32.5 Å². The Morgan fingerprint density at radius 1 is 0.867 bits per heavy atom. The quantitative estimate of drug-likeness (QED) is 0.592. The number of carbonyl (C=O) groups is 1. The molecular weight excluding hydrogens is 370 g/mol. The minimum absolute atomic E-state index is 0.393. The molecule has 0 aliphatic carbocycles. The number of carbonyl (C=O) groups excluding carboxylic acids is 1. The van der Waals surface area contributed by atoms with Crippen LogP contribution in [0.2, 0.25) is 0 Å². The molecule has 0 unspecified atom stereocenters. The number of nitrogens with one attached hydrogen (secondary N) is 1. The van der Waals surface area contributed by atoms with E-state index in [1.165, 1.54) is 48.2 Å². The number of nitrogens with zero attached hydrogens (tertiary/aromatic N) is 1. The molecule has 154 valence electrons. The van der Waals surface area contributed by atoms with E-state index in [1.807, 2.05) is 18.2 Å². The number of hydrogen-bond acceptors (Lipinski definition) is 3. The summed E-state index contributed by atoms with van der Waals surface area (Å²) in [5.41, 5.74) is 12.1. The zero-order valence-corrected chi connectivity index (χ0v) is 17.3. The van der Waals surface area contributed by atoms with Crippen molar-refractivity contribution in [3.05, 3.63) is 95.1 Å². The number of rotatable bonds is 8. The summed E-state index contributed by atoms with van der Waals surface area (Å²) in [5.74, 6) is -0.393. The molecule has 0 saturated carbocycles. The van der Waals surface area contributed by atoms with E-state index in [2.05, 4.69) is 58.7 Å². The molecule has 1 heterocycles. The Kier molecular flexibility index (Phi) is 6.57. The molecule has 0 spiro atoms. The molecular formula is C26H29N3O. The van der Waals surface area contributed by atoms with Crippen LogP contribution in [0.1, 0.15) is 39.9 Å². The van der Waals surface area contributed by atoms with Crippen LogP contribution in [0.5, 0.6) is 0 Å². The van der Waals surface area contributed by atoms with Crippen molar-refractivity contribution in [3.8, 4) is 11.1 Å². The van der Waals surface area contributed by atoms with Gasteiger partial charge < -0.3 is 11.1 Å². The van der Waals surface area contributed by atoms with Crippen LogP contribution in [0.25, 0.3) is 11.1 Å². The Labute approximate surface area is 178 Å². The molecule has 4 nitrogen and oxygen atoms in total. The highest BCUT2D eigenvalue weighted by atomic mass is 16.1. The molecule has 1 fully saturated rings. The monoisotopic (exact) mass is 399 g/mol. The number of nitrogens with two attached hydrogens (primary N) is 1. The number of primary amides is 1. The second kappa shape index (κ2) is 9.70. The molecule has 1 aliphatic rings. The van der Waals surface area contributed by atoms with Gasteiger partial charge in [-0.3, -0.25) is 9.69 Å². The van der Waals surface area contributed by atoms with Crippen molar-refractivity contribution in [2.24, 2.45) is 5.73 Å². The lowest BCUT2D eigenvalue weighted by molar-refractivity contribution is 0.1000. The SMILES string of the molecule is NC(=O)c1cccc(CNCc2ccccc2-c2ccc(CN3CCCC3)cc2)c1. The second-order valence-corrected chi connectivity index (χ2v) is 8.01. The Hall–Kier alpha value is -2.95. The molecule has 3 aromatic rings. The van der Waals surface area contributed by atoms with Crippen LogP contribution in [-0.2, 0) is 19.6 Å². The van der Waals surface area contributed by atoms with E-state index < -0.39 is 5.91 Å². The molecule has 3 aromatic carbocycles. The smallest absolute Gasteiger partial charge is 0.248 e. The van der Waals surface area contributed by atoms with Gasteiger partial charge in [-0.2, -0.15) is 0 Å². The van der Waals surface area contributed by atoms with E-state index >= 15 is 0 Å². The van der Waals surface area contributed by atoms with Crippen LogP contribution in [0.15, 0.2) is 72.8 Å². The maximum Gasteiger partial charge on any atom is 0.248 e. The summed E-state index contributed by atoms with van der Waals surface area (Å²) in [5, 5.41) is 3.50. The molecule has 1 amide bonds. The standard InChI is InChI=1S/C26H29N3O/c27-26(30)23-8-5-6-21(16-23)17-28-18-24-7-1-2-9-25(24)22-12-10-20(11-13-22)19-29-14-3-4-15-29/h1-2,5-13,16,28H,3-4,14-15,17-19H2,(H2,27,30). The molecule has 0 radical (unpaired) electrons. The second-order valence-electron chi connectivity index (χ2n) is 8.01. The maximum atomic E-state index is 11.4. The lowest BCUT2D eigenvalue weighted by Crippen LogP contribution is -2.18. The number of hydrogen-bond donors (Lipinski definition) is 2. The molecule has 3 N–H and O–H groups in total. The summed E-state index contributed by atoms with van der Waals surface area (Å²) >= 11 is 0. The number of likely N-dealkylation sites (tertiary alicyclic amines) is 1. The van der Waals surface area contributed by atoms with Crippen molar-refractivity contribution in [1.82, 2.24) is 10.2 Å². The van der Waals surface area contributed by atoms with Gasteiger partial charge in [-0.15, -0.1) is 0 Å². The third-order valence-electron chi connectivity index (χ3n) is 5.74. The van der Waals surface area contributed by atoms with Gasteiger partial charge in [0.25, 0.3) is 0 Å². The largest absolute Gasteiger partial charge is 0.366 e. The third-order valence-corrected chi connectivity index (χ3v) is 5.74. The zero-order chi connectivity index (χ0) is 20.8. The van der Waals surface area contributed by atoms with Crippen molar-refractivity contribution < 1.29 is 4.79 Å². The number of amides is 1. The van der Waals surface area contributed by atoms with Crippen LogP contribution in [0, 0.1) is 0 Å². The van der Waals surface area contributed by atoms with Gasteiger partial charge in [0.15, 0.2) is 0 Å². The topological polar surface area (TPSA) is 58.4 Å². The Morgan fingerprint density at radius 3 is 2.40 bits per heavy atom. The summed E-state index contributed by atoms with van der Waals surface area (Å²) in [6.45, 7) is 4.93. The van der Waals surface area contributed by atoms with Gasteiger partial charge in [-0.05, 0) is 65.9 Å². The first-order valence-electron chi connectivity index (χ1n) is 10.7. The maximum absolute atomic E-state index is 11.4. The summed E-state index contributed by atoms with van der Waals surface area (Å²) in [7, 11) is 0. The van der Waals surface area contributed by atoms with Gasteiger partial charge in [0.1, 0.15) is 0 Å². The minimum atomic E-state index is -0.393. The average molecular weight is 400 g/mol. The molecule has 0 atom stereocenters. The van der Waals surface area contributed by atoms with Crippen LogP contribution in [0.3, 0.4) is 0 Å². The molecule has 4 rings (SSSR count). The fraction of sp³-hybridized carbons (Fsp3) is 0.269. The van der Waals surface area contributed by atoms with Crippen LogP contribution < -0.4 is 11.1 Å². The Balaban J connectivity index is 1.41. The Morgan fingerprint density at radius 2 is 1.63 bits per heavy atom. The van der Waals surface area contributed by atoms with Gasteiger partial charge in [-0.25, -0.2) is 0 Å². The third kappa shape index (κ3) is 5.15. The van der Waals surface area contributed by atoms with Crippen molar-refractivity contribution in [2.75, 3.05) is 13.1 Å². The first kappa shape index (κ1) is 20.3. The minimum Gasteiger partial charge on any atom is -0.366 e. The molecule has 0 aromatic heterocycles. The summed E-state index contributed by atoms with van der Waals surface area (Å²) in [4.78, 5) is 13.9. The fourth-order valence-electron chi connectivity index (χ4n) is 4.12. The highest BCUT2D eigenvalue weighted by molar-refractivity contribution is 5.92. The highest BCUT2D eigenvalue weighted by Gasteiger charge is 2.12. The number of benzene rings is 3. The molecule has 1 aliphatic heterocycles. The van der Waals surface area contributed by atoms with E-state index in [0.717, 1.165) is 18.7 Å². The van der Waals surface area contributed by atoms with Crippen LogP contribution in [-0.4, -0.2) is 23.9 Å². The first-order valence-corrected chi connectivity index (χ1v) is 10.7. The lowest BCUT2D eigenvalue weighted by atomic mass is 9.98. The van der Waals surface area contributed by atoms with Crippen molar-refractivity contribution in [1.29, 1.82) is 0 Å². The molecule has 1 saturated heterocycles. The van der Waals surface area contributed by atoms with Gasteiger partial charge in [0.2, 0.25) is 5.91 Å². The van der Waals surface area contributed by atoms with Gasteiger partial charge in [0, 0.05) is 25.2 Å². The zero-order valence-electron chi connectivity index (χ0n) is 17.3. The summed E-state index contributed by atoms with van der Waals surface area (Å²) in [6.07, 6.45) is 2.65. The van der Waals surface area contributed by atoms with E-state index in [1.54, 1.807) is 6.07 Å². The van der Waals surface area contributed by atoms with Gasteiger partial charge >= 0.3 is 0 Å². The van der Waals surface area contributed by atoms with Crippen LogP contribution >= 0.6 is 0 Å². The van der Waals surface area contributed by atoms with E-state index in [-0.39, 0.29) is 0 Å². The van der Waals surface area contributed by atoms with Crippen LogP contribution in [0.4, 0.5) is 0 Å². The summed E-state index contributed by atoms with van der Waals surface area (Å²) < 4.78 is 0.